The smallest absolute Gasteiger partial charge is 0.408 e. The standard InChI is InChI=1S/C30H33N3O5S/c1-6-32-26(34)23-22(19-11-8-7-9-12-19)24(38-25(23)31-27(32)39(5)37)20-13-15-21(16-14-20)30(17-10-18-30)33(28(35)36)29(2,3)4/h7-9,11-16H,6,10,17-18H2,1-5H3,(H,35,36). The summed E-state index contributed by atoms with van der Waals surface area (Å²) in [6, 6.07) is 17.3. The second-order valence-corrected chi connectivity index (χ2v) is 12.3. The van der Waals surface area contributed by atoms with Gasteiger partial charge in [0.2, 0.25) is 10.9 Å². The fourth-order valence-electron chi connectivity index (χ4n) is 5.84. The van der Waals surface area contributed by atoms with Gasteiger partial charge in [0.05, 0.1) is 16.3 Å². The van der Waals surface area contributed by atoms with E-state index in [4.69, 9.17) is 4.42 Å². The summed E-state index contributed by atoms with van der Waals surface area (Å²) >= 11 is 0. The van der Waals surface area contributed by atoms with Gasteiger partial charge >= 0.3 is 6.09 Å². The maximum absolute atomic E-state index is 13.7. The zero-order chi connectivity index (χ0) is 28.1. The molecule has 0 bridgehead atoms. The summed E-state index contributed by atoms with van der Waals surface area (Å²) in [5.41, 5.74) is 1.81. The molecule has 8 nitrogen and oxygen atoms in total. The van der Waals surface area contributed by atoms with Gasteiger partial charge in [0.1, 0.15) is 11.1 Å². The van der Waals surface area contributed by atoms with E-state index in [1.807, 2.05) is 82.3 Å². The highest BCUT2D eigenvalue weighted by atomic mass is 32.2. The summed E-state index contributed by atoms with van der Waals surface area (Å²) in [6.45, 7) is 7.91. The Labute approximate surface area is 229 Å². The molecule has 1 aliphatic carbocycles. The van der Waals surface area contributed by atoms with Crippen molar-refractivity contribution in [1.82, 2.24) is 14.5 Å². The first kappa shape index (κ1) is 26.9. The summed E-state index contributed by atoms with van der Waals surface area (Å²) < 4.78 is 20.1. The van der Waals surface area contributed by atoms with Crippen LogP contribution in [0.3, 0.4) is 0 Å². The van der Waals surface area contributed by atoms with Gasteiger partial charge in [0, 0.05) is 29.5 Å². The van der Waals surface area contributed by atoms with E-state index in [1.54, 1.807) is 4.90 Å². The predicted octanol–water partition coefficient (Wildman–Crippen LogP) is 6.24. The van der Waals surface area contributed by atoms with Crippen LogP contribution in [0.5, 0.6) is 0 Å². The first-order valence-corrected chi connectivity index (χ1v) is 14.7. The lowest BCUT2D eigenvalue weighted by molar-refractivity contribution is -0.0328. The average molecular weight is 548 g/mol. The molecule has 0 radical (unpaired) electrons. The van der Waals surface area contributed by atoms with Crippen LogP contribution in [0.25, 0.3) is 33.6 Å². The highest BCUT2D eigenvalue weighted by Gasteiger charge is 2.50. The van der Waals surface area contributed by atoms with Crippen LogP contribution in [-0.2, 0) is 22.9 Å². The molecule has 0 aliphatic heterocycles. The van der Waals surface area contributed by atoms with Gasteiger partial charge in [-0.1, -0.05) is 54.6 Å². The normalized spacial score (nSPS) is 15.6. The summed E-state index contributed by atoms with van der Waals surface area (Å²) in [6.07, 6.45) is 3.03. The number of nitrogens with zero attached hydrogens (tertiary/aromatic N) is 3. The number of amides is 1. The Kier molecular flexibility index (Phi) is 6.74. The molecule has 2 aromatic heterocycles. The molecular formula is C30H33N3O5S. The minimum atomic E-state index is -1.48. The summed E-state index contributed by atoms with van der Waals surface area (Å²) in [4.78, 5) is 32.1. The Bertz CT molecular complexity index is 1630. The van der Waals surface area contributed by atoms with Gasteiger partial charge in [0.15, 0.2) is 0 Å². The number of benzene rings is 2. The predicted molar refractivity (Wildman–Crippen MR) is 152 cm³/mol. The number of hydrogen-bond acceptors (Lipinski definition) is 5. The number of fused-ring (bicyclic) bond motifs is 1. The number of aromatic nitrogens is 2. The molecule has 9 heteroatoms. The summed E-state index contributed by atoms with van der Waals surface area (Å²) in [5, 5.41) is 10.6. The molecule has 2 aromatic carbocycles. The quantitative estimate of drug-likeness (QED) is 0.287. The highest BCUT2D eigenvalue weighted by molar-refractivity contribution is 7.84. The SMILES string of the molecule is CCn1c(S(C)=O)nc2oc(-c3ccc(C4(N(C(=O)O)C(C)(C)C)CCC4)cc3)c(-c3ccccc3)c2c1=O. The van der Waals surface area contributed by atoms with Gasteiger partial charge in [-0.05, 0) is 58.1 Å². The molecule has 204 valence electrons. The van der Waals surface area contributed by atoms with Crippen molar-refractivity contribution in [2.45, 2.75) is 69.7 Å². The molecule has 0 saturated heterocycles. The van der Waals surface area contributed by atoms with Crippen molar-refractivity contribution >= 4 is 28.0 Å². The molecule has 1 N–H and O–H groups in total. The van der Waals surface area contributed by atoms with Crippen LogP contribution in [0.1, 0.15) is 52.5 Å². The number of carbonyl (C=O) groups is 1. The molecule has 1 saturated carbocycles. The minimum absolute atomic E-state index is 0.146. The maximum Gasteiger partial charge on any atom is 0.408 e. The molecule has 4 aromatic rings. The van der Waals surface area contributed by atoms with Gasteiger partial charge in [-0.15, -0.1) is 0 Å². The third kappa shape index (κ3) is 4.38. The van der Waals surface area contributed by atoms with Gasteiger partial charge in [-0.3, -0.25) is 18.5 Å². The second kappa shape index (κ2) is 9.79. The van der Waals surface area contributed by atoms with Crippen molar-refractivity contribution in [2.24, 2.45) is 0 Å². The van der Waals surface area contributed by atoms with E-state index in [1.165, 1.54) is 10.8 Å². The second-order valence-electron chi connectivity index (χ2n) is 11.0. The van der Waals surface area contributed by atoms with E-state index in [-0.39, 0.29) is 16.4 Å². The third-order valence-corrected chi connectivity index (χ3v) is 8.39. The van der Waals surface area contributed by atoms with Crippen molar-refractivity contribution in [3.63, 3.8) is 0 Å². The Morgan fingerprint density at radius 2 is 1.74 bits per heavy atom. The van der Waals surface area contributed by atoms with E-state index in [9.17, 15) is 18.9 Å². The van der Waals surface area contributed by atoms with E-state index in [0.29, 0.717) is 23.3 Å². The Morgan fingerprint density at radius 3 is 2.23 bits per heavy atom. The number of furan rings is 1. The number of rotatable bonds is 6. The largest absolute Gasteiger partial charge is 0.465 e. The van der Waals surface area contributed by atoms with E-state index in [0.717, 1.165) is 36.0 Å². The number of hydrogen-bond donors (Lipinski definition) is 1. The molecule has 1 fully saturated rings. The van der Waals surface area contributed by atoms with E-state index >= 15 is 0 Å². The summed E-state index contributed by atoms with van der Waals surface area (Å²) in [7, 11) is -1.48. The van der Waals surface area contributed by atoms with Crippen LogP contribution < -0.4 is 5.56 Å². The van der Waals surface area contributed by atoms with Crippen molar-refractivity contribution in [1.29, 1.82) is 0 Å². The first-order chi connectivity index (χ1) is 18.5. The Balaban J connectivity index is 1.71. The van der Waals surface area contributed by atoms with E-state index < -0.39 is 28.0 Å². The molecule has 1 atom stereocenters. The van der Waals surface area contributed by atoms with Crippen molar-refractivity contribution in [2.75, 3.05) is 6.26 Å². The molecule has 39 heavy (non-hydrogen) atoms. The van der Waals surface area contributed by atoms with Crippen molar-refractivity contribution < 1.29 is 18.5 Å². The number of carboxylic acid groups (broad SMARTS) is 1. The van der Waals surface area contributed by atoms with Crippen LogP contribution in [0.15, 0.2) is 69.0 Å². The first-order valence-electron chi connectivity index (χ1n) is 13.1. The van der Waals surface area contributed by atoms with Crippen molar-refractivity contribution in [3.8, 4) is 22.5 Å². The van der Waals surface area contributed by atoms with Crippen LogP contribution >= 0.6 is 0 Å². The van der Waals surface area contributed by atoms with E-state index in [2.05, 4.69) is 4.98 Å². The lowest BCUT2D eigenvalue weighted by atomic mass is 9.69. The molecular weight excluding hydrogens is 514 g/mol. The lowest BCUT2D eigenvalue weighted by Gasteiger charge is -2.54. The molecule has 1 unspecified atom stereocenters. The topological polar surface area (TPSA) is 106 Å². The molecule has 0 spiro atoms. The van der Waals surface area contributed by atoms with Crippen LogP contribution in [0, 0.1) is 0 Å². The Morgan fingerprint density at radius 1 is 1.10 bits per heavy atom. The lowest BCUT2D eigenvalue weighted by Crippen LogP contribution is -2.60. The Hall–Kier alpha value is -3.72. The highest BCUT2D eigenvalue weighted by Crippen LogP contribution is 2.50. The monoisotopic (exact) mass is 547 g/mol. The van der Waals surface area contributed by atoms with Crippen molar-refractivity contribution in [3.05, 3.63) is 70.5 Å². The zero-order valence-electron chi connectivity index (χ0n) is 22.9. The zero-order valence-corrected chi connectivity index (χ0v) is 23.7. The van der Waals surface area contributed by atoms with Gasteiger partial charge in [0.25, 0.3) is 5.56 Å². The average Bonchev–Trinajstić information content (AvgIpc) is 3.25. The van der Waals surface area contributed by atoms with Crippen LogP contribution in [0.4, 0.5) is 4.79 Å². The molecule has 1 aliphatic rings. The van der Waals surface area contributed by atoms with Gasteiger partial charge in [-0.2, -0.15) is 4.98 Å². The minimum Gasteiger partial charge on any atom is -0.465 e. The summed E-state index contributed by atoms with van der Waals surface area (Å²) in [5.74, 6) is 0.489. The maximum atomic E-state index is 13.7. The fraction of sp³-hybridized carbons (Fsp3) is 0.367. The third-order valence-electron chi connectivity index (χ3n) is 7.57. The molecule has 2 heterocycles. The van der Waals surface area contributed by atoms with Crippen LogP contribution in [0.2, 0.25) is 0 Å². The fourth-order valence-corrected chi connectivity index (χ4v) is 6.58. The van der Waals surface area contributed by atoms with Gasteiger partial charge < -0.3 is 9.52 Å². The van der Waals surface area contributed by atoms with Gasteiger partial charge in [-0.25, -0.2) is 4.79 Å². The molecule has 1 amide bonds. The molecule has 5 rings (SSSR count). The van der Waals surface area contributed by atoms with Crippen LogP contribution in [-0.4, -0.2) is 41.7 Å².